The number of alkyl halides is 2. The lowest BCUT2D eigenvalue weighted by atomic mass is 10.0. The van der Waals surface area contributed by atoms with Crippen molar-refractivity contribution in [2.24, 2.45) is 0 Å². The number of benzene rings is 2. The quantitative estimate of drug-likeness (QED) is 0.564. The summed E-state index contributed by atoms with van der Waals surface area (Å²) < 4.78 is 40.2. The van der Waals surface area contributed by atoms with Crippen LogP contribution in [0.3, 0.4) is 0 Å². The maximum Gasteiger partial charge on any atom is 0.387 e. The van der Waals surface area contributed by atoms with Crippen LogP contribution in [0.25, 0.3) is 11.4 Å². The molecular formula is C22H24F2N4O3. The molecule has 2 aromatic carbocycles. The largest absolute Gasteiger partial charge is 0.493 e. The van der Waals surface area contributed by atoms with Gasteiger partial charge in [-0.15, -0.1) is 0 Å². The van der Waals surface area contributed by atoms with Crippen LogP contribution in [0.1, 0.15) is 17.5 Å². The second-order valence-electron chi connectivity index (χ2n) is 7.42. The Labute approximate surface area is 179 Å². The maximum absolute atomic E-state index is 12.5. The molecule has 0 spiro atoms. The Hall–Kier alpha value is -3.04. The number of likely N-dealkylation sites (N-methyl/N-ethyl adjacent to an activating group) is 1. The number of piperazine rings is 1. The van der Waals surface area contributed by atoms with Crippen molar-refractivity contribution >= 4 is 0 Å². The Morgan fingerprint density at radius 1 is 1.13 bits per heavy atom. The number of nitrogens with zero attached hydrogens (tertiary/aromatic N) is 4. The molecule has 7 nitrogen and oxygen atoms in total. The summed E-state index contributed by atoms with van der Waals surface area (Å²) in [5, 5.41) is 4.06. The minimum atomic E-state index is -2.93. The molecule has 1 aromatic heterocycles. The van der Waals surface area contributed by atoms with Crippen LogP contribution in [-0.4, -0.2) is 60.3 Å². The van der Waals surface area contributed by atoms with Gasteiger partial charge in [0.2, 0.25) is 11.7 Å². The highest BCUT2D eigenvalue weighted by Crippen LogP contribution is 2.33. The van der Waals surface area contributed by atoms with Crippen LogP contribution in [0.2, 0.25) is 0 Å². The molecule has 1 fully saturated rings. The lowest BCUT2D eigenvalue weighted by Gasteiger charge is -2.39. The standard InChI is InChI=1S/C22H24F2N4O3/c1-27-10-11-28(17(13-27)15-6-4-3-5-7-15)14-20-25-21(26-31-20)16-8-9-18(30-22(23)24)19(12-16)29-2/h3-9,12,17,22H,10-11,13-14H2,1-2H3. The Bertz CT molecular complexity index is 999. The molecule has 1 aliphatic rings. The Kier molecular flexibility index (Phi) is 6.43. The van der Waals surface area contributed by atoms with Gasteiger partial charge in [0.15, 0.2) is 11.5 Å². The molecule has 1 aliphatic heterocycles. The van der Waals surface area contributed by atoms with E-state index in [1.807, 2.05) is 18.2 Å². The molecule has 4 rings (SSSR count). The second-order valence-corrected chi connectivity index (χ2v) is 7.42. The molecule has 0 N–H and O–H groups in total. The van der Waals surface area contributed by atoms with Crippen molar-refractivity contribution in [3.63, 3.8) is 0 Å². The van der Waals surface area contributed by atoms with Crippen LogP contribution in [0.4, 0.5) is 8.78 Å². The first kappa shape index (κ1) is 21.2. The Morgan fingerprint density at radius 3 is 2.68 bits per heavy atom. The normalized spacial score (nSPS) is 17.8. The number of aromatic nitrogens is 2. The van der Waals surface area contributed by atoms with Gasteiger partial charge in [-0.2, -0.15) is 13.8 Å². The van der Waals surface area contributed by atoms with Gasteiger partial charge in [-0.1, -0.05) is 35.5 Å². The van der Waals surface area contributed by atoms with E-state index in [0.717, 1.165) is 19.6 Å². The van der Waals surface area contributed by atoms with Gasteiger partial charge in [0.05, 0.1) is 13.7 Å². The Balaban J connectivity index is 1.52. The van der Waals surface area contributed by atoms with Gasteiger partial charge in [-0.3, -0.25) is 4.90 Å². The van der Waals surface area contributed by atoms with Crippen LogP contribution in [0, 0.1) is 0 Å². The van der Waals surface area contributed by atoms with Gasteiger partial charge in [-0.05, 0) is 30.8 Å². The molecule has 1 unspecified atom stereocenters. The zero-order valence-corrected chi connectivity index (χ0v) is 17.4. The number of ether oxygens (including phenoxy) is 2. The smallest absolute Gasteiger partial charge is 0.387 e. The van der Waals surface area contributed by atoms with Gasteiger partial charge in [0.1, 0.15) is 0 Å². The van der Waals surface area contributed by atoms with E-state index in [0.29, 0.717) is 23.8 Å². The zero-order valence-electron chi connectivity index (χ0n) is 17.4. The summed E-state index contributed by atoms with van der Waals surface area (Å²) in [7, 11) is 3.50. The summed E-state index contributed by atoms with van der Waals surface area (Å²) in [5.41, 5.74) is 1.83. The average molecular weight is 430 g/mol. The Morgan fingerprint density at radius 2 is 1.94 bits per heavy atom. The molecule has 31 heavy (non-hydrogen) atoms. The van der Waals surface area contributed by atoms with E-state index in [1.54, 1.807) is 12.1 Å². The molecule has 0 bridgehead atoms. The summed E-state index contributed by atoms with van der Waals surface area (Å²) >= 11 is 0. The summed E-state index contributed by atoms with van der Waals surface area (Å²) in [6, 6.07) is 15.1. The highest BCUT2D eigenvalue weighted by Gasteiger charge is 2.28. The number of halogens is 2. The van der Waals surface area contributed by atoms with Crippen LogP contribution in [-0.2, 0) is 6.54 Å². The molecule has 0 amide bonds. The molecule has 0 aliphatic carbocycles. The van der Waals surface area contributed by atoms with Gasteiger partial charge >= 0.3 is 6.61 Å². The van der Waals surface area contributed by atoms with Crippen molar-refractivity contribution in [3.8, 4) is 22.9 Å². The highest BCUT2D eigenvalue weighted by molar-refractivity contribution is 5.60. The lowest BCUT2D eigenvalue weighted by Crippen LogP contribution is -2.46. The summed E-state index contributed by atoms with van der Waals surface area (Å²) in [6.45, 7) is 0.324. The summed E-state index contributed by atoms with van der Waals surface area (Å²) in [5.74, 6) is 0.982. The molecule has 1 saturated heterocycles. The molecule has 0 radical (unpaired) electrons. The second kappa shape index (κ2) is 9.40. The van der Waals surface area contributed by atoms with Gasteiger partial charge in [-0.25, -0.2) is 0 Å². The fraction of sp³-hybridized carbons (Fsp3) is 0.364. The third-order valence-electron chi connectivity index (χ3n) is 5.32. The van der Waals surface area contributed by atoms with Crippen molar-refractivity contribution < 1.29 is 22.8 Å². The van der Waals surface area contributed by atoms with Crippen molar-refractivity contribution in [1.82, 2.24) is 19.9 Å². The van der Waals surface area contributed by atoms with Gasteiger partial charge in [0.25, 0.3) is 0 Å². The average Bonchev–Trinajstić information content (AvgIpc) is 3.24. The number of rotatable bonds is 7. The fourth-order valence-corrected chi connectivity index (χ4v) is 3.75. The topological polar surface area (TPSA) is 63.9 Å². The first-order chi connectivity index (χ1) is 15.0. The molecule has 9 heteroatoms. The van der Waals surface area contributed by atoms with Gasteiger partial charge < -0.3 is 18.9 Å². The minimum absolute atomic E-state index is 0.0480. The van der Waals surface area contributed by atoms with E-state index in [2.05, 4.69) is 43.9 Å². The molecule has 2 heterocycles. The van der Waals surface area contributed by atoms with E-state index in [9.17, 15) is 8.78 Å². The molecule has 1 atom stereocenters. The van der Waals surface area contributed by atoms with Crippen LogP contribution in [0.15, 0.2) is 53.1 Å². The first-order valence-corrected chi connectivity index (χ1v) is 9.97. The van der Waals surface area contributed by atoms with E-state index in [4.69, 9.17) is 9.26 Å². The number of methoxy groups -OCH3 is 1. The highest BCUT2D eigenvalue weighted by atomic mass is 19.3. The SMILES string of the molecule is COc1cc(-c2noc(CN3CCN(C)CC3c3ccccc3)n2)ccc1OC(F)F. The van der Waals surface area contributed by atoms with E-state index in [1.165, 1.54) is 18.7 Å². The third kappa shape index (κ3) is 5.00. The van der Waals surface area contributed by atoms with Crippen molar-refractivity contribution in [3.05, 3.63) is 60.0 Å². The van der Waals surface area contributed by atoms with Crippen LogP contribution < -0.4 is 9.47 Å². The third-order valence-corrected chi connectivity index (χ3v) is 5.32. The fourth-order valence-electron chi connectivity index (χ4n) is 3.75. The molecular weight excluding hydrogens is 406 g/mol. The minimum Gasteiger partial charge on any atom is -0.493 e. The van der Waals surface area contributed by atoms with Crippen molar-refractivity contribution in [1.29, 1.82) is 0 Å². The lowest BCUT2D eigenvalue weighted by molar-refractivity contribution is -0.0512. The van der Waals surface area contributed by atoms with Crippen molar-refractivity contribution in [2.75, 3.05) is 33.8 Å². The maximum atomic E-state index is 12.5. The van der Waals surface area contributed by atoms with Crippen LogP contribution in [0.5, 0.6) is 11.5 Å². The summed E-state index contributed by atoms with van der Waals surface area (Å²) in [4.78, 5) is 9.14. The zero-order chi connectivity index (χ0) is 21.8. The monoisotopic (exact) mass is 430 g/mol. The van der Waals surface area contributed by atoms with Gasteiger partial charge in [0, 0.05) is 31.2 Å². The predicted octanol–water partition coefficient (Wildman–Crippen LogP) is 3.84. The van der Waals surface area contributed by atoms with Crippen LogP contribution >= 0.6 is 0 Å². The van der Waals surface area contributed by atoms with E-state index < -0.39 is 6.61 Å². The number of hydrogen-bond donors (Lipinski definition) is 0. The van der Waals surface area contributed by atoms with E-state index >= 15 is 0 Å². The molecule has 0 saturated carbocycles. The first-order valence-electron chi connectivity index (χ1n) is 9.97. The number of hydrogen-bond acceptors (Lipinski definition) is 7. The molecule has 164 valence electrons. The summed E-state index contributed by atoms with van der Waals surface area (Å²) in [6.07, 6.45) is 0. The van der Waals surface area contributed by atoms with Crippen molar-refractivity contribution in [2.45, 2.75) is 19.2 Å². The van der Waals surface area contributed by atoms with E-state index in [-0.39, 0.29) is 17.5 Å². The predicted molar refractivity (Wildman–Crippen MR) is 110 cm³/mol. The molecule has 3 aromatic rings.